The molecule has 0 radical (unpaired) electrons. The highest BCUT2D eigenvalue weighted by Gasteiger charge is 2.10. The molecule has 0 saturated heterocycles. The van der Waals surface area contributed by atoms with Gasteiger partial charge in [-0.3, -0.25) is 4.79 Å². The molecule has 0 aromatic carbocycles. The minimum absolute atomic E-state index is 0.174. The second-order valence-electron chi connectivity index (χ2n) is 2.95. The summed E-state index contributed by atoms with van der Waals surface area (Å²) in [6.45, 7) is 2.73. The van der Waals surface area contributed by atoms with Gasteiger partial charge in [-0.15, -0.1) is 0 Å². The van der Waals surface area contributed by atoms with E-state index < -0.39 is 0 Å². The van der Waals surface area contributed by atoms with Gasteiger partial charge in [0.2, 0.25) is 0 Å². The van der Waals surface area contributed by atoms with Crippen LogP contribution in [0, 0.1) is 0 Å². The second-order valence-corrected chi connectivity index (χ2v) is 3.74. The first-order chi connectivity index (χ1) is 6.65. The Morgan fingerprint density at radius 2 is 2.29 bits per heavy atom. The van der Waals surface area contributed by atoms with Crippen LogP contribution in [0.5, 0.6) is 0 Å². The maximum absolute atomic E-state index is 11.4. The zero-order chi connectivity index (χ0) is 10.6. The van der Waals surface area contributed by atoms with Gasteiger partial charge in [0, 0.05) is 6.54 Å². The standard InChI is InChI=1S/C9H12Cl2N2O/c1-2-3-4-12-9(14)7-5-6(10)8(11)13-7/h5,13H,2-4H2,1H3,(H,12,14). The van der Waals surface area contributed by atoms with Crippen LogP contribution in [0.2, 0.25) is 10.2 Å². The Balaban J connectivity index is 2.52. The number of hydrogen-bond acceptors (Lipinski definition) is 1. The van der Waals surface area contributed by atoms with Crippen LogP contribution >= 0.6 is 23.2 Å². The van der Waals surface area contributed by atoms with Crippen molar-refractivity contribution in [2.45, 2.75) is 19.8 Å². The molecule has 0 aliphatic carbocycles. The predicted octanol–water partition coefficient (Wildman–Crippen LogP) is 2.85. The molecule has 1 aromatic rings. The van der Waals surface area contributed by atoms with Crippen molar-refractivity contribution in [2.75, 3.05) is 6.54 Å². The quantitative estimate of drug-likeness (QED) is 0.774. The Morgan fingerprint density at radius 3 is 2.79 bits per heavy atom. The molecule has 1 amide bonds. The first kappa shape index (κ1) is 11.4. The summed E-state index contributed by atoms with van der Waals surface area (Å²) in [4.78, 5) is 14.1. The first-order valence-corrected chi connectivity index (χ1v) is 5.23. The van der Waals surface area contributed by atoms with E-state index in [1.165, 1.54) is 6.07 Å². The van der Waals surface area contributed by atoms with Gasteiger partial charge in [-0.05, 0) is 12.5 Å². The molecule has 3 nitrogen and oxygen atoms in total. The largest absolute Gasteiger partial charge is 0.351 e. The highest BCUT2D eigenvalue weighted by Crippen LogP contribution is 2.21. The van der Waals surface area contributed by atoms with Crippen LogP contribution in [0.3, 0.4) is 0 Å². The van der Waals surface area contributed by atoms with Crippen LogP contribution < -0.4 is 5.32 Å². The van der Waals surface area contributed by atoms with Crippen LogP contribution in [0.4, 0.5) is 0 Å². The molecule has 0 atom stereocenters. The Hall–Kier alpha value is -0.670. The lowest BCUT2D eigenvalue weighted by atomic mass is 10.3. The summed E-state index contributed by atoms with van der Waals surface area (Å²) in [6.07, 6.45) is 2.01. The van der Waals surface area contributed by atoms with Gasteiger partial charge in [-0.25, -0.2) is 0 Å². The van der Waals surface area contributed by atoms with Gasteiger partial charge >= 0.3 is 0 Å². The number of carbonyl (C=O) groups excluding carboxylic acids is 1. The fourth-order valence-corrected chi connectivity index (χ4v) is 1.31. The van der Waals surface area contributed by atoms with Crippen molar-refractivity contribution in [1.29, 1.82) is 0 Å². The summed E-state index contributed by atoms with van der Waals surface area (Å²) in [6, 6.07) is 1.52. The lowest BCUT2D eigenvalue weighted by Gasteiger charge is -2.00. The lowest BCUT2D eigenvalue weighted by Crippen LogP contribution is -2.24. The van der Waals surface area contributed by atoms with Crippen LogP contribution in [-0.2, 0) is 0 Å². The maximum atomic E-state index is 11.4. The van der Waals surface area contributed by atoms with E-state index in [1.807, 2.05) is 0 Å². The number of carbonyl (C=O) groups is 1. The average molecular weight is 235 g/mol. The van der Waals surface area contributed by atoms with E-state index in [-0.39, 0.29) is 5.91 Å². The van der Waals surface area contributed by atoms with Gasteiger partial charge in [-0.1, -0.05) is 36.5 Å². The van der Waals surface area contributed by atoms with Crippen molar-refractivity contribution in [2.24, 2.45) is 0 Å². The fraction of sp³-hybridized carbons (Fsp3) is 0.444. The predicted molar refractivity (Wildman–Crippen MR) is 58.1 cm³/mol. The van der Waals surface area contributed by atoms with E-state index >= 15 is 0 Å². The number of nitrogens with one attached hydrogen (secondary N) is 2. The molecule has 0 unspecified atom stereocenters. The van der Waals surface area contributed by atoms with E-state index in [1.54, 1.807) is 0 Å². The van der Waals surface area contributed by atoms with E-state index in [9.17, 15) is 4.79 Å². The average Bonchev–Trinajstić information content (AvgIpc) is 2.47. The van der Waals surface area contributed by atoms with Crippen LogP contribution in [0.25, 0.3) is 0 Å². The van der Waals surface area contributed by atoms with E-state index in [0.717, 1.165) is 12.8 Å². The minimum Gasteiger partial charge on any atom is -0.351 e. The maximum Gasteiger partial charge on any atom is 0.267 e. The van der Waals surface area contributed by atoms with Crippen LogP contribution in [-0.4, -0.2) is 17.4 Å². The Morgan fingerprint density at radius 1 is 1.57 bits per heavy atom. The van der Waals surface area contributed by atoms with Crippen molar-refractivity contribution in [1.82, 2.24) is 10.3 Å². The molecule has 0 saturated carbocycles. The minimum atomic E-state index is -0.174. The molecule has 1 aromatic heterocycles. The number of aromatic nitrogens is 1. The van der Waals surface area contributed by atoms with Crippen LogP contribution in [0.15, 0.2) is 6.07 Å². The Bertz CT molecular complexity index is 303. The Labute approximate surface area is 92.8 Å². The third-order valence-electron chi connectivity index (χ3n) is 1.79. The summed E-state index contributed by atoms with van der Waals surface area (Å²) < 4.78 is 0. The molecule has 1 heterocycles. The zero-order valence-electron chi connectivity index (χ0n) is 7.86. The van der Waals surface area contributed by atoms with Crippen LogP contribution in [0.1, 0.15) is 30.3 Å². The SMILES string of the molecule is CCCCNC(=O)c1cc(Cl)c(Cl)[nH]1. The molecule has 78 valence electrons. The molecule has 0 fully saturated rings. The van der Waals surface area contributed by atoms with Crippen molar-refractivity contribution in [3.05, 3.63) is 21.9 Å². The molecule has 0 aliphatic heterocycles. The molecular formula is C9H12Cl2N2O. The van der Waals surface area contributed by atoms with Gasteiger partial charge in [0.1, 0.15) is 10.8 Å². The van der Waals surface area contributed by atoms with Gasteiger partial charge in [-0.2, -0.15) is 0 Å². The third kappa shape index (κ3) is 2.93. The topological polar surface area (TPSA) is 44.9 Å². The monoisotopic (exact) mass is 234 g/mol. The van der Waals surface area contributed by atoms with Crippen molar-refractivity contribution in [3.8, 4) is 0 Å². The summed E-state index contributed by atoms with van der Waals surface area (Å²) in [5.74, 6) is -0.174. The number of amides is 1. The highest BCUT2D eigenvalue weighted by atomic mass is 35.5. The van der Waals surface area contributed by atoms with Gasteiger partial charge in [0.15, 0.2) is 0 Å². The lowest BCUT2D eigenvalue weighted by molar-refractivity contribution is 0.0949. The number of hydrogen-bond donors (Lipinski definition) is 2. The third-order valence-corrected chi connectivity index (χ3v) is 2.48. The summed E-state index contributed by atoms with van der Waals surface area (Å²) in [5.41, 5.74) is 0.399. The normalized spacial score (nSPS) is 10.2. The van der Waals surface area contributed by atoms with Crippen molar-refractivity contribution < 1.29 is 4.79 Å². The molecular weight excluding hydrogens is 223 g/mol. The van der Waals surface area contributed by atoms with E-state index in [4.69, 9.17) is 23.2 Å². The van der Waals surface area contributed by atoms with E-state index in [2.05, 4.69) is 17.2 Å². The number of unbranched alkanes of at least 4 members (excludes halogenated alkanes) is 1. The summed E-state index contributed by atoms with van der Waals surface area (Å²) in [7, 11) is 0. The fourth-order valence-electron chi connectivity index (χ4n) is 1.00. The summed E-state index contributed by atoms with van der Waals surface area (Å²) >= 11 is 11.4. The smallest absolute Gasteiger partial charge is 0.267 e. The van der Waals surface area contributed by atoms with Crippen molar-refractivity contribution >= 4 is 29.1 Å². The van der Waals surface area contributed by atoms with Crippen molar-refractivity contribution in [3.63, 3.8) is 0 Å². The second kappa shape index (κ2) is 5.27. The van der Waals surface area contributed by atoms with Gasteiger partial charge in [0.25, 0.3) is 5.91 Å². The Kier molecular flexibility index (Phi) is 4.29. The molecule has 0 spiro atoms. The van der Waals surface area contributed by atoms with Gasteiger partial charge < -0.3 is 10.3 Å². The van der Waals surface area contributed by atoms with E-state index in [0.29, 0.717) is 22.4 Å². The van der Waals surface area contributed by atoms with Gasteiger partial charge in [0.05, 0.1) is 5.02 Å². The number of halogens is 2. The zero-order valence-corrected chi connectivity index (χ0v) is 9.37. The molecule has 2 N–H and O–H groups in total. The first-order valence-electron chi connectivity index (χ1n) is 4.47. The number of aromatic amines is 1. The molecule has 14 heavy (non-hydrogen) atoms. The summed E-state index contributed by atoms with van der Waals surface area (Å²) in [5, 5.41) is 3.42. The number of H-pyrrole nitrogens is 1. The highest BCUT2D eigenvalue weighted by molar-refractivity contribution is 6.41. The molecule has 5 heteroatoms. The molecule has 1 rings (SSSR count). The number of rotatable bonds is 4. The molecule has 0 aliphatic rings. The molecule has 0 bridgehead atoms.